The summed E-state index contributed by atoms with van der Waals surface area (Å²) in [7, 11) is 0. The standard InChI is InChI=1S/C14H13IN2O/c15-12-13(18-17-14(12)16)11-9-6-5-7-3-1-2-4-8(7)10(9)11/h1-4,9-11H,5-6H2,(H2,16,17). The lowest BCUT2D eigenvalue weighted by molar-refractivity contribution is 0.380. The SMILES string of the molecule is Nc1noc(C2C3CCc4ccccc4C32)c1I. The number of rotatable bonds is 1. The fraction of sp³-hybridized carbons (Fsp3) is 0.357. The zero-order chi connectivity index (χ0) is 12.3. The van der Waals surface area contributed by atoms with Gasteiger partial charge in [-0.05, 0) is 58.4 Å². The average Bonchev–Trinajstić information content (AvgIpc) is 3.05. The summed E-state index contributed by atoms with van der Waals surface area (Å²) in [4.78, 5) is 0. The van der Waals surface area contributed by atoms with E-state index in [9.17, 15) is 0 Å². The smallest absolute Gasteiger partial charge is 0.180 e. The van der Waals surface area contributed by atoms with Crippen LogP contribution in [0.1, 0.15) is 35.1 Å². The van der Waals surface area contributed by atoms with Crippen molar-refractivity contribution in [1.29, 1.82) is 0 Å². The van der Waals surface area contributed by atoms with Crippen LogP contribution >= 0.6 is 22.6 Å². The van der Waals surface area contributed by atoms with Crippen LogP contribution < -0.4 is 5.73 Å². The van der Waals surface area contributed by atoms with Gasteiger partial charge in [-0.1, -0.05) is 29.4 Å². The number of aromatic nitrogens is 1. The fourth-order valence-electron chi connectivity index (χ4n) is 3.44. The van der Waals surface area contributed by atoms with Crippen molar-refractivity contribution in [2.24, 2.45) is 5.92 Å². The van der Waals surface area contributed by atoms with Gasteiger partial charge in [0.25, 0.3) is 0 Å². The van der Waals surface area contributed by atoms with Gasteiger partial charge in [-0.3, -0.25) is 0 Å². The highest BCUT2D eigenvalue weighted by Crippen LogP contribution is 2.65. The van der Waals surface area contributed by atoms with Crippen LogP contribution in [0.15, 0.2) is 28.8 Å². The molecule has 4 heteroatoms. The number of hydrogen-bond donors (Lipinski definition) is 1. The molecule has 3 nitrogen and oxygen atoms in total. The lowest BCUT2D eigenvalue weighted by Crippen LogP contribution is -2.00. The molecule has 18 heavy (non-hydrogen) atoms. The molecule has 2 N–H and O–H groups in total. The van der Waals surface area contributed by atoms with Crippen LogP contribution in [0.3, 0.4) is 0 Å². The van der Waals surface area contributed by atoms with Gasteiger partial charge in [0.15, 0.2) is 11.6 Å². The second-order valence-corrected chi connectivity index (χ2v) is 6.28. The molecule has 0 spiro atoms. The van der Waals surface area contributed by atoms with Crippen LogP contribution in [0.5, 0.6) is 0 Å². The molecule has 0 aliphatic heterocycles. The molecule has 4 rings (SSSR count). The Bertz CT molecular complexity index is 622. The zero-order valence-electron chi connectivity index (χ0n) is 9.77. The Balaban J connectivity index is 1.75. The molecule has 1 heterocycles. The number of nitrogens with zero attached hydrogens (tertiary/aromatic N) is 1. The minimum Gasteiger partial charge on any atom is -0.380 e. The maximum absolute atomic E-state index is 5.78. The second kappa shape index (κ2) is 3.73. The topological polar surface area (TPSA) is 52.0 Å². The summed E-state index contributed by atoms with van der Waals surface area (Å²) >= 11 is 2.25. The van der Waals surface area contributed by atoms with E-state index in [1.807, 2.05) is 0 Å². The molecule has 3 atom stereocenters. The molecule has 0 bridgehead atoms. The molecule has 3 unspecified atom stereocenters. The third-order valence-electron chi connectivity index (χ3n) is 4.32. The highest BCUT2D eigenvalue weighted by atomic mass is 127. The quantitative estimate of drug-likeness (QED) is 0.802. The summed E-state index contributed by atoms with van der Waals surface area (Å²) in [5.74, 6) is 3.37. The molecule has 1 aromatic heterocycles. The van der Waals surface area contributed by atoms with E-state index in [1.165, 1.54) is 24.0 Å². The predicted octanol–water partition coefficient (Wildman–Crippen LogP) is 3.30. The Labute approximate surface area is 119 Å². The average molecular weight is 352 g/mol. The van der Waals surface area contributed by atoms with E-state index in [-0.39, 0.29) is 0 Å². The first-order valence-electron chi connectivity index (χ1n) is 6.25. The van der Waals surface area contributed by atoms with Gasteiger partial charge in [0.1, 0.15) is 0 Å². The molecule has 2 aliphatic carbocycles. The van der Waals surface area contributed by atoms with Gasteiger partial charge < -0.3 is 10.3 Å². The van der Waals surface area contributed by atoms with Gasteiger partial charge in [-0.25, -0.2) is 0 Å². The van der Waals surface area contributed by atoms with Gasteiger partial charge in [0, 0.05) is 5.92 Å². The largest absolute Gasteiger partial charge is 0.380 e. The minimum absolute atomic E-state index is 0.491. The molecule has 0 amide bonds. The van der Waals surface area contributed by atoms with E-state index in [4.69, 9.17) is 10.3 Å². The summed E-state index contributed by atoms with van der Waals surface area (Å²) in [6.45, 7) is 0. The van der Waals surface area contributed by atoms with Crippen molar-refractivity contribution in [3.8, 4) is 0 Å². The van der Waals surface area contributed by atoms with E-state index in [1.54, 1.807) is 0 Å². The minimum atomic E-state index is 0.491. The number of nitrogens with two attached hydrogens (primary N) is 1. The van der Waals surface area contributed by atoms with E-state index in [0.29, 0.717) is 17.7 Å². The van der Waals surface area contributed by atoms with Crippen molar-refractivity contribution in [3.05, 3.63) is 44.7 Å². The maximum atomic E-state index is 5.78. The summed E-state index contributed by atoms with van der Waals surface area (Å²) < 4.78 is 6.45. The highest BCUT2D eigenvalue weighted by Gasteiger charge is 2.56. The number of benzene rings is 1. The summed E-state index contributed by atoms with van der Waals surface area (Å²) in [5, 5.41) is 3.89. The number of fused-ring (bicyclic) bond motifs is 3. The van der Waals surface area contributed by atoms with Crippen LogP contribution in [0.2, 0.25) is 0 Å². The zero-order valence-corrected chi connectivity index (χ0v) is 11.9. The van der Waals surface area contributed by atoms with Crippen molar-refractivity contribution in [2.45, 2.75) is 24.7 Å². The molecule has 0 saturated heterocycles. The van der Waals surface area contributed by atoms with E-state index < -0.39 is 0 Å². The predicted molar refractivity (Wildman–Crippen MR) is 77.4 cm³/mol. The van der Waals surface area contributed by atoms with Crippen LogP contribution in [-0.4, -0.2) is 5.16 Å². The number of aryl methyl sites for hydroxylation is 1. The van der Waals surface area contributed by atoms with Gasteiger partial charge in [-0.15, -0.1) is 0 Å². The van der Waals surface area contributed by atoms with Crippen molar-refractivity contribution in [1.82, 2.24) is 5.16 Å². The first-order valence-corrected chi connectivity index (χ1v) is 7.33. The van der Waals surface area contributed by atoms with Crippen molar-refractivity contribution >= 4 is 28.4 Å². The summed E-state index contributed by atoms with van der Waals surface area (Å²) in [6, 6.07) is 8.78. The molecule has 0 radical (unpaired) electrons. The number of hydrogen-bond acceptors (Lipinski definition) is 3. The molecular formula is C14H13IN2O. The molecule has 2 aromatic rings. The van der Waals surface area contributed by atoms with Gasteiger partial charge >= 0.3 is 0 Å². The maximum Gasteiger partial charge on any atom is 0.180 e. The summed E-state index contributed by atoms with van der Waals surface area (Å²) in [6.07, 6.45) is 2.44. The van der Waals surface area contributed by atoms with E-state index in [0.717, 1.165) is 15.2 Å². The monoisotopic (exact) mass is 352 g/mol. The molecule has 1 fully saturated rings. The van der Waals surface area contributed by atoms with Crippen LogP contribution in [-0.2, 0) is 6.42 Å². The highest BCUT2D eigenvalue weighted by molar-refractivity contribution is 14.1. The Morgan fingerprint density at radius 3 is 2.89 bits per heavy atom. The Morgan fingerprint density at radius 2 is 2.11 bits per heavy atom. The molecular weight excluding hydrogens is 339 g/mol. The van der Waals surface area contributed by atoms with E-state index in [2.05, 4.69) is 52.0 Å². The second-order valence-electron chi connectivity index (χ2n) is 5.20. The lowest BCUT2D eigenvalue weighted by atomic mass is 9.92. The van der Waals surface area contributed by atoms with Crippen LogP contribution in [0, 0.1) is 9.49 Å². The van der Waals surface area contributed by atoms with Crippen LogP contribution in [0.25, 0.3) is 0 Å². The third-order valence-corrected chi connectivity index (χ3v) is 5.40. The molecule has 2 aliphatic rings. The normalized spacial score (nSPS) is 28.6. The first-order chi connectivity index (χ1) is 8.77. The fourth-order valence-corrected chi connectivity index (χ4v) is 3.99. The number of anilines is 1. The Hall–Kier alpha value is -1.04. The summed E-state index contributed by atoms with van der Waals surface area (Å²) in [5.41, 5.74) is 8.79. The number of halogens is 1. The van der Waals surface area contributed by atoms with Gasteiger partial charge in [0.05, 0.1) is 3.57 Å². The van der Waals surface area contributed by atoms with Crippen molar-refractivity contribution < 1.29 is 4.52 Å². The Morgan fingerprint density at radius 1 is 1.28 bits per heavy atom. The molecule has 1 saturated carbocycles. The van der Waals surface area contributed by atoms with E-state index >= 15 is 0 Å². The van der Waals surface area contributed by atoms with Crippen molar-refractivity contribution in [3.63, 3.8) is 0 Å². The molecule has 1 aromatic carbocycles. The van der Waals surface area contributed by atoms with Gasteiger partial charge in [0.2, 0.25) is 0 Å². The lowest BCUT2D eigenvalue weighted by Gasteiger charge is -2.13. The first kappa shape index (κ1) is 10.8. The number of nitrogen functional groups attached to an aromatic ring is 1. The van der Waals surface area contributed by atoms with Crippen LogP contribution in [0.4, 0.5) is 5.82 Å². The Kier molecular flexibility index (Phi) is 2.24. The third kappa shape index (κ3) is 1.38. The van der Waals surface area contributed by atoms with Crippen molar-refractivity contribution in [2.75, 3.05) is 5.73 Å². The molecule has 92 valence electrons. The van der Waals surface area contributed by atoms with Gasteiger partial charge in [-0.2, -0.15) is 0 Å².